The summed E-state index contributed by atoms with van der Waals surface area (Å²) >= 11 is 0. The highest BCUT2D eigenvalue weighted by molar-refractivity contribution is 6.16. The minimum atomic E-state index is -0.820. The second-order valence-corrected chi connectivity index (χ2v) is 16.4. The number of phenols is 2. The van der Waals surface area contributed by atoms with Crippen molar-refractivity contribution >= 4 is 34.1 Å². The van der Waals surface area contributed by atoms with Gasteiger partial charge in [-0.25, -0.2) is 0 Å². The van der Waals surface area contributed by atoms with Crippen molar-refractivity contribution in [2.45, 2.75) is 139 Å². The summed E-state index contributed by atoms with van der Waals surface area (Å²) in [5, 5.41) is 38.9. The summed E-state index contributed by atoms with van der Waals surface area (Å²) < 4.78 is 17.9. The Hall–Kier alpha value is -4.73. The van der Waals surface area contributed by atoms with E-state index in [1.165, 1.54) is 6.92 Å². The van der Waals surface area contributed by atoms with Crippen molar-refractivity contribution in [3.63, 3.8) is 0 Å². The lowest BCUT2D eigenvalue weighted by Gasteiger charge is -2.37. The van der Waals surface area contributed by atoms with Crippen molar-refractivity contribution in [3.05, 3.63) is 45.6 Å². The highest BCUT2D eigenvalue weighted by Gasteiger charge is 2.38. The van der Waals surface area contributed by atoms with Crippen LogP contribution in [0.3, 0.4) is 0 Å². The van der Waals surface area contributed by atoms with Crippen molar-refractivity contribution in [2.75, 3.05) is 19.0 Å². The summed E-state index contributed by atoms with van der Waals surface area (Å²) in [6.45, 7) is 18.6. The number of anilines is 1. The van der Waals surface area contributed by atoms with Gasteiger partial charge in [-0.3, -0.25) is 24.4 Å². The van der Waals surface area contributed by atoms with Crippen LogP contribution >= 0.6 is 0 Å². The van der Waals surface area contributed by atoms with E-state index in [2.05, 4.69) is 32.0 Å². The monoisotopic (exact) mass is 817 g/mol. The van der Waals surface area contributed by atoms with Crippen LogP contribution in [-0.4, -0.2) is 71.2 Å². The lowest BCUT2D eigenvalue weighted by Crippen LogP contribution is -2.44. The Morgan fingerprint density at radius 1 is 1.00 bits per heavy atom. The molecule has 0 fully saturated rings. The quantitative estimate of drug-likeness (QED) is 0.112. The van der Waals surface area contributed by atoms with E-state index in [4.69, 9.17) is 24.2 Å². The first kappa shape index (κ1) is 48.6. The number of methoxy groups -OCH3 is 1. The van der Waals surface area contributed by atoms with Gasteiger partial charge in [-0.1, -0.05) is 72.6 Å². The summed E-state index contributed by atoms with van der Waals surface area (Å²) in [4.78, 5) is 50.9. The highest BCUT2D eigenvalue weighted by atomic mass is 16.5. The molecular weight excluding hydrogens is 751 g/mol. The van der Waals surface area contributed by atoms with Crippen molar-refractivity contribution in [1.29, 1.82) is 0 Å². The van der Waals surface area contributed by atoms with E-state index in [0.29, 0.717) is 24.3 Å². The zero-order valence-corrected chi connectivity index (χ0v) is 36.9. The van der Waals surface area contributed by atoms with Crippen molar-refractivity contribution in [3.8, 4) is 30.1 Å². The summed E-state index contributed by atoms with van der Waals surface area (Å²) in [5.41, 5.74) is 0.735. The lowest BCUT2D eigenvalue weighted by molar-refractivity contribution is -0.160. The summed E-state index contributed by atoms with van der Waals surface area (Å²) in [6, 6.07) is 0. The third-order valence-electron chi connectivity index (χ3n) is 11.8. The van der Waals surface area contributed by atoms with Crippen LogP contribution in [0.2, 0.25) is 0 Å². The summed E-state index contributed by atoms with van der Waals surface area (Å²) in [5.74, 6) is -2.48. The SMILES string of the molecule is C#C.CCCC(C)CC[C@@H]1N=c2c3c(O)c4c(O)c(C)c(OCC)c(c4c2=N1)C(=O)CC[C@H](OC)[C@@H](C)[C@@H](OC(C)=O)[C@H](C)[C@H](O)[C@H](C)C[C@@H](C)/C=C/C=C(/C)C(=O)N3. The first-order valence-corrected chi connectivity index (χ1v) is 21.0. The number of carbonyl (C=O) groups is 3. The molecule has 1 amide bonds. The molecule has 2 aliphatic rings. The minimum Gasteiger partial charge on any atom is -0.507 e. The molecule has 2 heterocycles. The van der Waals surface area contributed by atoms with Crippen molar-refractivity contribution in [1.82, 2.24) is 0 Å². The molecule has 0 saturated heterocycles. The number of hydrogen-bond donors (Lipinski definition) is 4. The Balaban J connectivity index is 0.00000458. The smallest absolute Gasteiger partial charge is 0.302 e. The van der Waals surface area contributed by atoms with Gasteiger partial charge in [0.1, 0.15) is 34.8 Å². The molecule has 4 rings (SSSR count). The third-order valence-corrected chi connectivity index (χ3v) is 11.8. The first-order valence-electron chi connectivity index (χ1n) is 21.0. The number of aliphatic hydroxyl groups is 1. The zero-order chi connectivity index (χ0) is 44.3. The number of phenolic OH excluding ortho intramolecular Hbond substituents is 2. The molecule has 1 unspecified atom stereocenters. The number of amides is 1. The standard InChI is InChI=1S/C45H65N3O9.C2H2/c1-12-15-23(3)18-21-33-46-37-35-34-31(50)19-20-32(55-11)27(7)43(57-30(10)49)28(8)40(51)26(6)22-24(4)16-14-17-25(5)45(54)48-39(38(37)47-33)42(53)36(35)41(52)29(9)44(34)56-13-2;1-2/h14,16-17,23-24,26-28,32-33,40,43,51-53H,12-13,15,18-22H2,1-11H3,(H,48,54);1-2H/b16-14+,25-17-;/t23?,24-,26+,27+,28+,32-,33-,40+,43+;/m0./s1. The second kappa shape index (κ2) is 22.0. The van der Waals surface area contributed by atoms with Crippen LogP contribution in [0.5, 0.6) is 17.2 Å². The molecule has 0 radical (unpaired) electrons. The topological polar surface area (TPSA) is 176 Å². The molecule has 2 aromatic rings. The van der Waals surface area contributed by atoms with E-state index >= 15 is 0 Å². The number of ketones is 1. The van der Waals surface area contributed by atoms with Crippen LogP contribution in [0.4, 0.5) is 5.69 Å². The number of aliphatic hydroxyl groups excluding tert-OH is 1. The van der Waals surface area contributed by atoms with Crippen molar-refractivity contribution in [2.24, 2.45) is 39.6 Å². The Labute approximate surface area is 350 Å². The van der Waals surface area contributed by atoms with Gasteiger partial charge in [0.05, 0.1) is 35.1 Å². The highest BCUT2D eigenvalue weighted by Crippen LogP contribution is 2.45. The number of Topliss-reactive ketones (excluding diaryl/α,β-unsaturated/α-hetero) is 1. The average molecular weight is 818 g/mol. The van der Waals surface area contributed by atoms with Gasteiger partial charge < -0.3 is 34.8 Å². The number of nitrogens with zero attached hydrogens (tertiary/aromatic N) is 2. The van der Waals surface area contributed by atoms with E-state index in [-0.39, 0.29) is 86.9 Å². The van der Waals surface area contributed by atoms with E-state index in [1.807, 2.05) is 33.8 Å². The number of benzene rings is 2. The Bertz CT molecular complexity index is 2040. The average Bonchev–Trinajstić information content (AvgIpc) is 3.63. The van der Waals surface area contributed by atoms with Gasteiger partial charge in [0.25, 0.3) is 5.91 Å². The van der Waals surface area contributed by atoms with Gasteiger partial charge in [-0.2, -0.15) is 0 Å². The van der Waals surface area contributed by atoms with Crippen LogP contribution in [0.25, 0.3) is 10.8 Å². The van der Waals surface area contributed by atoms with Crippen LogP contribution < -0.4 is 20.8 Å². The van der Waals surface area contributed by atoms with Crippen LogP contribution in [0.15, 0.2) is 33.8 Å². The number of hydrogen-bond acceptors (Lipinski definition) is 11. The molecule has 12 nitrogen and oxygen atoms in total. The van der Waals surface area contributed by atoms with Crippen LogP contribution in [-0.2, 0) is 19.1 Å². The molecular formula is C47H67N3O9. The Kier molecular flexibility index (Phi) is 18.2. The molecule has 9 atom stereocenters. The number of allylic oxidation sites excluding steroid dienone is 3. The largest absolute Gasteiger partial charge is 0.507 e. The first-order chi connectivity index (χ1) is 28.0. The van der Waals surface area contributed by atoms with E-state index in [1.54, 1.807) is 40.0 Å². The molecule has 2 aliphatic heterocycles. The van der Waals surface area contributed by atoms with Crippen LogP contribution in [0.1, 0.15) is 123 Å². The Morgan fingerprint density at radius 3 is 2.27 bits per heavy atom. The molecule has 59 heavy (non-hydrogen) atoms. The molecule has 2 aromatic carbocycles. The maximum atomic E-state index is 14.7. The molecule has 2 bridgehead atoms. The normalized spacial score (nSPS) is 27.3. The maximum Gasteiger partial charge on any atom is 0.302 e. The van der Waals surface area contributed by atoms with E-state index in [0.717, 1.165) is 19.3 Å². The number of carbonyl (C=O) groups excluding carboxylic acids is 3. The van der Waals surface area contributed by atoms with Gasteiger partial charge >= 0.3 is 5.97 Å². The second-order valence-electron chi connectivity index (χ2n) is 16.4. The van der Waals surface area contributed by atoms with Crippen LogP contribution in [0, 0.1) is 49.4 Å². The summed E-state index contributed by atoms with van der Waals surface area (Å²) in [6.07, 6.45) is 15.1. The third kappa shape index (κ3) is 11.3. The predicted molar refractivity (Wildman–Crippen MR) is 231 cm³/mol. The van der Waals surface area contributed by atoms with E-state index in [9.17, 15) is 29.7 Å². The number of terminal acetylenes is 1. The van der Waals surface area contributed by atoms with E-state index < -0.39 is 53.9 Å². The Morgan fingerprint density at radius 2 is 1.66 bits per heavy atom. The molecule has 0 saturated carbocycles. The van der Waals surface area contributed by atoms with Gasteiger partial charge in [-0.05, 0) is 64.2 Å². The van der Waals surface area contributed by atoms with Gasteiger partial charge in [-0.15, -0.1) is 12.8 Å². The molecule has 0 spiro atoms. The number of esters is 1. The fraction of sp³-hybridized carbons (Fsp3) is 0.596. The van der Waals surface area contributed by atoms with Gasteiger partial charge in [0.2, 0.25) is 0 Å². The lowest BCUT2D eigenvalue weighted by atomic mass is 9.79. The number of ether oxygens (including phenoxy) is 3. The number of aromatic hydroxyl groups is 2. The predicted octanol–water partition coefficient (Wildman–Crippen LogP) is 7.66. The van der Waals surface area contributed by atoms with Crippen molar-refractivity contribution < 1.29 is 43.9 Å². The fourth-order valence-corrected chi connectivity index (χ4v) is 8.55. The maximum absolute atomic E-state index is 14.7. The molecule has 324 valence electrons. The zero-order valence-electron chi connectivity index (χ0n) is 36.9. The van der Waals surface area contributed by atoms with Gasteiger partial charge in [0.15, 0.2) is 11.5 Å². The number of nitrogens with one attached hydrogen (secondary N) is 1. The number of rotatable bonds is 9. The molecule has 12 heteroatoms. The molecule has 4 N–H and O–H groups in total. The minimum absolute atomic E-state index is 0.00146. The molecule has 0 aromatic heterocycles. The molecule has 0 aliphatic carbocycles. The fourth-order valence-electron chi connectivity index (χ4n) is 8.55. The van der Waals surface area contributed by atoms with Gasteiger partial charge in [0, 0.05) is 48.8 Å². The summed E-state index contributed by atoms with van der Waals surface area (Å²) in [7, 11) is 1.54.